The molecule has 0 aromatic rings. The van der Waals surface area contributed by atoms with Crippen molar-refractivity contribution in [2.75, 3.05) is 13.1 Å². The highest BCUT2D eigenvalue weighted by molar-refractivity contribution is 6.04. The minimum atomic E-state index is -1.23. The highest BCUT2D eigenvalue weighted by Crippen LogP contribution is 2.21. The van der Waals surface area contributed by atoms with Gasteiger partial charge in [-0.15, -0.1) is 0 Å². The van der Waals surface area contributed by atoms with Crippen molar-refractivity contribution in [2.24, 2.45) is 0 Å². The molecule has 0 aliphatic carbocycles. The van der Waals surface area contributed by atoms with Gasteiger partial charge in [-0.25, -0.2) is 9.59 Å². The second kappa shape index (κ2) is 5.08. The number of carboxylic acids is 1. The monoisotopic (exact) mass is 285 g/mol. The standard InChI is InChI=1S/C11H15N3O6/c1-5-9(17)12-8(16)4-13(5)11(20)14-3-6(15)2-7(14)10(18)19/h5-7,15H,2-4H2,1H3,(H,18,19)(H,12,16,17). The number of rotatable bonds is 1. The van der Waals surface area contributed by atoms with Crippen molar-refractivity contribution < 1.29 is 29.4 Å². The van der Waals surface area contributed by atoms with Gasteiger partial charge in [0.25, 0.3) is 0 Å². The van der Waals surface area contributed by atoms with Gasteiger partial charge in [0.2, 0.25) is 11.8 Å². The molecule has 2 aliphatic rings. The third kappa shape index (κ3) is 2.44. The highest BCUT2D eigenvalue weighted by atomic mass is 16.4. The van der Waals surface area contributed by atoms with Gasteiger partial charge in [-0.1, -0.05) is 0 Å². The first-order valence-electron chi connectivity index (χ1n) is 6.13. The van der Waals surface area contributed by atoms with E-state index in [9.17, 15) is 24.3 Å². The minimum Gasteiger partial charge on any atom is -0.480 e. The Kier molecular flexibility index (Phi) is 3.62. The average molecular weight is 285 g/mol. The first kappa shape index (κ1) is 14.3. The van der Waals surface area contributed by atoms with E-state index >= 15 is 0 Å². The maximum absolute atomic E-state index is 12.3. The van der Waals surface area contributed by atoms with Crippen LogP contribution < -0.4 is 5.32 Å². The fourth-order valence-corrected chi connectivity index (χ4v) is 2.37. The molecule has 0 aromatic carbocycles. The van der Waals surface area contributed by atoms with Crippen LogP contribution in [0.25, 0.3) is 0 Å². The van der Waals surface area contributed by atoms with Crippen LogP contribution in [0.3, 0.4) is 0 Å². The lowest BCUT2D eigenvalue weighted by Gasteiger charge is -2.35. The van der Waals surface area contributed by atoms with Crippen LogP contribution in [-0.2, 0) is 14.4 Å². The summed E-state index contributed by atoms with van der Waals surface area (Å²) in [5, 5.41) is 20.7. The number of urea groups is 1. The zero-order valence-electron chi connectivity index (χ0n) is 10.8. The number of β-amino-alcohol motifs (C(OH)–C–C–N with tert-alkyl or cyclic N) is 1. The van der Waals surface area contributed by atoms with E-state index in [0.29, 0.717) is 0 Å². The number of hydrogen-bond acceptors (Lipinski definition) is 5. The highest BCUT2D eigenvalue weighted by Gasteiger charge is 2.44. The van der Waals surface area contributed by atoms with Crippen molar-refractivity contribution in [2.45, 2.75) is 31.5 Å². The maximum atomic E-state index is 12.3. The van der Waals surface area contributed by atoms with E-state index in [1.807, 2.05) is 0 Å². The van der Waals surface area contributed by atoms with Gasteiger partial charge in [-0.05, 0) is 6.92 Å². The number of aliphatic hydroxyl groups excluding tert-OH is 1. The lowest BCUT2D eigenvalue weighted by Crippen LogP contribution is -2.62. The molecule has 0 spiro atoms. The molecular formula is C11H15N3O6. The Morgan fingerprint density at radius 1 is 1.30 bits per heavy atom. The Balaban J connectivity index is 2.19. The van der Waals surface area contributed by atoms with Gasteiger partial charge in [-0.3, -0.25) is 14.9 Å². The lowest BCUT2D eigenvalue weighted by atomic mass is 10.2. The van der Waals surface area contributed by atoms with Gasteiger partial charge >= 0.3 is 12.0 Å². The summed E-state index contributed by atoms with van der Waals surface area (Å²) in [6.45, 7) is 1.00. The van der Waals surface area contributed by atoms with Crippen molar-refractivity contribution in [3.63, 3.8) is 0 Å². The second-order valence-corrected chi connectivity index (χ2v) is 4.89. The molecule has 2 rings (SSSR count). The molecule has 0 bridgehead atoms. The van der Waals surface area contributed by atoms with Gasteiger partial charge < -0.3 is 20.0 Å². The van der Waals surface area contributed by atoms with Crippen LogP contribution in [0.4, 0.5) is 4.79 Å². The Bertz CT molecular complexity index is 479. The van der Waals surface area contributed by atoms with E-state index in [1.54, 1.807) is 0 Å². The van der Waals surface area contributed by atoms with Crippen LogP contribution in [0.1, 0.15) is 13.3 Å². The Hall–Kier alpha value is -2.16. The van der Waals surface area contributed by atoms with Crippen LogP contribution in [-0.4, -0.2) is 75.1 Å². The summed E-state index contributed by atoms with van der Waals surface area (Å²) < 4.78 is 0. The number of piperazine rings is 1. The molecule has 20 heavy (non-hydrogen) atoms. The molecule has 0 aromatic heterocycles. The number of nitrogens with one attached hydrogen (secondary N) is 1. The molecule has 2 fully saturated rings. The number of aliphatic hydroxyl groups is 1. The molecule has 2 saturated heterocycles. The van der Waals surface area contributed by atoms with Crippen LogP contribution in [0, 0.1) is 0 Å². The van der Waals surface area contributed by atoms with Crippen molar-refractivity contribution >= 4 is 23.8 Å². The fraction of sp³-hybridized carbons (Fsp3) is 0.636. The minimum absolute atomic E-state index is 0.0660. The SMILES string of the molecule is CC1C(=O)NC(=O)CN1C(=O)N1CC(O)CC1C(=O)O. The molecule has 2 heterocycles. The zero-order valence-corrected chi connectivity index (χ0v) is 10.8. The Labute approximate surface area is 114 Å². The summed E-state index contributed by atoms with van der Waals surface area (Å²) in [4.78, 5) is 48.2. The topological polar surface area (TPSA) is 127 Å². The molecule has 0 radical (unpaired) electrons. The molecule has 9 heteroatoms. The summed E-state index contributed by atoms with van der Waals surface area (Å²) in [6.07, 6.45) is -0.992. The van der Waals surface area contributed by atoms with E-state index in [1.165, 1.54) is 6.92 Å². The summed E-state index contributed by atoms with van der Waals surface area (Å²) in [5.41, 5.74) is 0. The molecule has 3 N–H and O–H groups in total. The quantitative estimate of drug-likeness (QED) is 0.477. The predicted octanol–water partition coefficient (Wildman–Crippen LogP) is -2.03. The smallest absolute Gasteiger partial charge is 0.326 e. The number of carboxylic acid groups (broad SMARTS) is 1. The normalized spacial score (nSPS) is 30.4. The van der Waals surface area contributed by atoms with Gasteiger partial charge in [0.05, 0.1) is 6.10 Å². The molecule has 4 amide bonds. The van der Waals surface area contributed by atoms with E-state index in [4.69, 9.17) is 5.11 Å². The number of likely N-dealkylation sites (tertiary alicyclic amines) is 1. The van der Waals surface area contributed by atoms with Crippen molar-refractivity contribution in [1.29, 1.82) is 0 Å². The molecule has 110 valence electrons. The van der Waals surface area contributed by atoms with E-state index < -0.39 is 42.0 Å². The summed E-state index contributed by atoms with van der Waals surface area (Å²) in [7, 11) is 0. The largest absolute Gasteiger partial charge is 0.480 e. The Morgan fingerprint density at radius 3 is 2.55 bits per heavy atom. The Morgan fingerprint density at radius 2 is 1.95 bits per heavy atom. The average Bonchev–Trinajstić information content (AvgIpc) is 2.75. The number of nitrogens with zero attached hydrogens (tertiary/aromatic N) is 2. The zero-order chi connectivity index (χ0) is 15.0. The number of carbonyl (C=O) groups is 4. The molecule has 3 unspecified atom stereocenters. The van der Waals surface area contributed by atoms with Crippen LogP contribution >= 0.6 is 0 Å². The van der Waals surface area contributed by atoms with E-state index in [0.717, 1.165) is 9.80 Å². The fourth-order valence-electron chi connectivity index (χ4n) is 2.37. The van der Waals surface area contributed by atoms with Crippen molar-refractivity contribution in [1.82, 2.24) is 15.1 Å². The molecule has 9 nitrogen and oxygen atoms in total. The second-order valence-electron chi connectivity index (χ2n) is 4.89. The van der Waals surface area contributed by atoms with E-state index in [-0.39, 0.29) is 19.5 Å². The third-order valence-electron chi connectivity index (χ3n) is 3.48. The number of imide groups is 1. The number of aliphatic carboxylic acids is 1. The third-order valence-corrected chi connectivity index (χ3v) is 3.48. The first-order chi connectivity index (χ1) is 9.31. The van der Waals surface area contributed by atoms with Gasteiger partial charge in [-0.2, -0.15) is 0 Å². The van der Waals surface area contributed by atoms with Crippen molar-refractivity contribution in [3.8, 4) is 0 Å². The van der Waals surface area contributed by atoms with E-state index in [2.05, 4.69) is 5.32 Å². The van der Waals surface area contributed by atoms with Crippen LogP contribution in [0.2, 0.25) is 0 Å². The molecule has 2 aliphatic heterocycles. The summed E-state index contributed by atoms with van der Waals surface area (Å²) in [6, 6.07) is -2.75. The summed E-state index contributed by atoms with van der Waals surface area (Å²) >= 11 is 0. The van der Waals surface area contributed by atoms with Crippen molar-refractivity contribution in [3.05, 3.63) is 0 Å². The van der Waals surface area contributed by atoms with Gasteiger partial charge in [0.15, 0.2) is 0 Å². The number of amides is 4. The lowest BCUT2D eigenvalue weighted by molar-refractivity contribution is -0.141. The maximum Gasteiger partial charge on any atom is 0.326 e. The van der Waals surface area contributed by atoms with Gasteiger partial charge in [0.1, 0.15) is 18.6 Å². The van der Waals surface area contributed by atoms with Crippen LogP contribution in [0.15, 0.2) is 0 Å². The first-order valence-corrected chi connectivity index (χ1v) is 6.13. The van der Waals surface area contributed by atoms with Crippen LogP contribution in [0.5, 0.6) is 0 Å². The summed E-state index contributed by atoms with van der Waals surface area (Å²) in [5.74, 6) is -2.45. The molecule has 3 atom stereocenters. The molecular weight excluding hydrogens is 270 g/mol. The number of carbonyl (C=O) groups excluding carboxylic acids is 3. The predicted molar refractivity (Wildman–Crippen MR) is 63.5 cm³/mol. The molecule has 0 saturated carbocycles. The van der Waals surface area contributed by atoms with Gasteiger partial charge in [0, 0.05) is 13.0 Å². The number of hydrogen-bond donors (Lipinski definition) is 3.